The average Bonchev–Trinajstić information content (AvgIpc) is 3.45. The third-order valence-corrected chi connectivity index (χ3v) is 4.27. The molecule has 2 aromatic rings. The molecule has 1 saturated carbocycles. The summed E-state index contributed by atoms with van der Waals surface area (Å²) in [5, 5.41) is 0. The van der Waals surface area contributed by atoms with E-state index in [1.54, 1.807) is 43.6 Å². The zero-order chi connectivity index (χ0) is 17.8. The van der Waals surface area contributed by atoms with E-state index in [9.17, 15) is 9.59 Å². The Balaban J connectivity index is 1.69. The van der Waals surface area contributed by atoms with E-state index in [1.165, 1.54) is 6.92 Å². The van der Waals surface area contributed by atoms with Gasteiger partial charge in [-0.2, -0.15) is 0 Å². The third kappa shape index (κ3) is 4.44. The lowest BCUT2D eigenvalue weighted by atomic mass is 10.1. The Kier molecular flexibility index (Phi) is 5.12. The second-order valence-electron chi connectivity index (χ2n) is 6.40. The number of Topliss-reactive ketones (excluding diaryl/α,β-unsaturated/α-hetero) is 1. The summed E-state index contributed by atoms with van der Waals surface area (Å²) in [6.07, 6.45) is 4.92. The van der Waals surface area contributed by atoms with Crippen LogP contribution in [-0.4, -0.2) is 33.7 Å². The van der Waals surface area contributed by atoms with Gasteiger partial charge in [-0.25, -0.2) is 0 Å². The maximum atomic E-state index is 12.9. The van der Waals surface area contributed by atoms with Gasteiger partial charge in [0.05, 0.1) is 0 Å². The maximum absolute atomic E-state index is 12.9. The Labute approximate surface area is 147 Å². The van der Waals surface area contributed by atoms with Crippen LogP contribution in [0, 0.1) is 0 Å². The van der Waals surface area contributed by atoms with Crippen molar-refractivity contribution in [3.05, 3.63) is 59.9 Å². The molecule has 1 amide bonds. The van der Waals surface area contributed by atoms with Gasteiger partial charge in [-0.1, -0.05) is 12.1 Å². The molecule has 130 valence electrons. The van der Waals surface area contributed by atoms with E-state index in [2.05, 4.69) is 4.98 Å². The van der Waals surface area contributed by atoms with E-state index in [-0.39, 0.29) is 17.7 Å². The van der Waals surface area contributed by atoms with Gasteiger partial charge in [0.1, 0.15) is 5.75 Å². The molecule has 25 heavy (non-hydrogen) atoms. The topological polar surface area (TPSA) is 59.5 Å². The van der Waals surface area contributed by atoms with E-state index in [1.807, 2.05) is 17.0 Å². The summed E-state index contributed by atoms with van der Waals surface area (Å²) in [5.74, 6) is 0.475. The molecular formula is C20H22N2O3. The van der Waals surface area contributed by atoms with E-state index >= 15 is 0 Å². The number of ketones is 1. The third-order valence-electron chi connectivity index (χ3n) is 4.27. The number of carbonyl (C=O) groups is 2. The summed E-state index contributed by atoms with van der Waals surface area (Å²) in [5.41, 5.74) is 1.63. The van der Waals surface area contributed by atoms with E-state index in [4.69, 9.17) is 4.74 Å². The zero-order valence-electron chi connectivity index (χ0n) is 14.5. The minimum atomic E-state index is -0.607. The van der Waals surface area contributed by atoms with Crippen LogP contribution in [0.2, 0.25) is 0 Å². The molecule has 1 fully saturated rings. The van der Waals surface area contributed by atoms with Crippen molar-refractivity contribution in [3.63, 3.8) is 0 Å². The van der Waals surface area contributed by atoms with Gasteiger partial charge in [0.2, 0.25) is 0 Å². The number of amides is 1. The van der Waals surface area contributed by atoms with Gasteiger partial charge >= 0.3 is 0 Å². The number of hydrogen-bond donors (Lipinski definition) is 0. The smallest absolute Gasteiger partial charge is 0.263 e. The van der Waals surface area contributed by atoms with Gasteiger partial charge in [-0.15, -0.1) is 0 Å². The van der Waals surface area contributed by atoms with Gasteiger partial charge < -0.3 is 9.64 Å². The Morgan fingerprint density at radius 2 is 1.96 bits per heavy atom. The second kappa shape index (κ2) is 7.47. The molecule has 1 aromatic heterocycles. The van der Waals surface area contributed by atoms with Crippen LogP contribution in [-0.2, 0) is 11.3 Å². The molecule has 3 rings (SSSR count). The largest absolute Gasteiger partial charge is 0.481 e. The van der Waals surface area contributed by atoms with E-state index in [0.717, 1.165) is 18.4 Å². The molecule has 0 N–H and O–H groups in total. The first-order chi connectivity index (χ1) is 12.0. The van der Waals surface area contributed by atoms with Crippen LogP contribution in [0.25, 0.3) is 0 Å². The Morgan fingerprint density at radius 1 is 1.24 bits per heavy atom. The predicted octanol–water partition coefficient (Wildman–Crippen LogP) is 3.24. The fraction of sp³-hybridized carbons (Fsp3) is 0.350. The first-order valence-electron chi connectivity index (χ1n) is 8.51. The van der Waals surface area contributed by atoms with Crippen molar-refractivity contribution in [1.82, 2.24) is 9.88 Å². The highest BCUT2D eigenvalue weighted by atomic mass is 16.5. The SMILES string of the molecule is CC(=O)c1cccc(O[C@H](C)C(=O)N(Cc2ccncc2)C2CC2)c1. The summed E-state index contributed by atoms with van der Waals surface area (Å²) in [4.78, 5) is 30.3. The average molecular weight is 338 g/mol. The van der Waals surface area contributed by atoms with Crippen LogP contribution < -0.4 is 4.74 Å². The second-order valence-corrected chi connectivity index (χ2v) is 6.40. The van der Waals surface area contributed by atoms with Crippen LogP contribution in [0.3, 0.4) is 0 Å². The number of rotatable bonds is 7. The summed E-state index contributed by atoms with van der Waals surface area (Å²) in [6.45, 7) is 3.83. The van der Waals surface area contributed by atoms with Crippen LogP contribution in [0.5, 0.6) is 5.75 Å². The molecule has 0 bridgehead atoms. The molecule has 0 spiro atoms. The number of nitrogens with zero attached hydrogens (tertiary/aromatic N) is 2. The molecule has 1 aromatic carbocycles. The summed E-state index contributed by atoms with van der Waals surface area (Å²) in [6, 6.07) is 11.1. The minimum absolute atomic E-state index is 0.0262. The maximum Gasteiger partial charge on any atom is 0.263 e. The summed E-state index contributed by atoms with van der Waals surface area (Å²) in [7, 11) is 0. The fourth-order valence-electron chi connectivity index (χ4n) is 2.73. The lowest BCUT2D eigenvalue weighted by Crippen LogP contribution is -2.41. The van der Waals surface area contributed by atoms with Crippen molar-refractivity contribution in [2.45, 2.75) is 45.4 Å². The lowest BCUT2D eigenvalue weighted by Gasteiger charge is -2.26. The molecule has 1 aliphatic carbocycles. The fourth-order valence-corrected chi connectivity index (χ4v) is 2.73. The number of aromatic nitrogens is 1. The van der Waals surface area contributed by atoms with Crippen LogP contribution in [0.4, 0.5) is 0 Å². The predicted molar refractivity (Wildman–Crippen MR) is 94.3 cm³/mol. The van der Waals surface area contributed by atoms with E-state index < -0.39 is 6.10 Å². The highest BCUT2D eigenvalue weighted by molar-refractivity contribution is 5.94. The van der Waals surface area contributed by atoms with Gasteiger partial charge in [0, 0.05) is 30.5 Å². The van der Waals surface area contributed by atoms with Crippen molar-refractivity contribution < 1.29 is 14.3 Å². The minimum Gasteiger partial charge on any atom is -0.481 e. The molecule has 0 radical (unpaired) electrons. The van der Waals surface area contributed by atoms with Crippen molar-refractivity contribution in [3.8, 4) is 5.75 Å². The summed E-state index contributed by atoms with van der Waals surface area (Å²) >= 11 is 0. The molecular weight excluding hydrogens is 316 g/mol. The number of benzene rings is 1. The molecule has 0 unspecified atom stereocenters. The lowest BCUT2D eigenvalue weighted by molar-refractivity contribution is -0.139. The molecule has 1 atom stereocenters. The number of ether oxygens (including phenoxy) is 1. The molecule has 0 aliphatic heterocycles. The molecule has 0 saturated heterocycles. The van der Waals surface area contributed by atoms with Gasteiger partial charge in [0.25, 0.3) is 5.91 Å². The Bertz CT molecular complexity index is 757. The Hall–Kier alpha value is -2.69. The molecule has 1 heterocycles. The zero-order valence-corrected chi connectivity index (χ0v) is 14.5. The van der Waals surface area contributed by atoms with E-state index in [0.29, 0.717) is 17.9 Å². The highest BCUT2D eigenvalue weighted by Gasteiger charge is 2.35. The van der Waals surface area contributed by atoms with Crippen molar-refractivity contribution in [2.75, 3.05) is 0 Å². The van der Waals surface area contributed by atoms with Crippen LogP contribution in [0.15, 0.2) is 48.8 Å². The molecule has 5 nitrogen and oxygen atoms in total. The first-order valence-corrected chi connectivity index (χ1v) is 8.51. The quantitative estimate of drug-likeness (QED) is 0.727. The first kappa shape index (κ1) is 17.1. The van der Waals surface area contributed by atoms with Crippen LogP contribution in [0.1, 0.15) is 42.6 Å². The van der Waals surface area contributed by atoms with Gasteiger partial charge in [0.15, 0.2) is 11.9 Å². The number of pyridine rings is 1. The van der Waals surface area contributed by atoms with Crippen molar-refractivity contribution >= 4 is 11.7 Å². The van der Waals surface area contributed by atoms with Gasteiger partial charge in [-0.05, 0) is 56.5 Å². The summed E-state index contributed by atoms with van der Waals surface area (Å²) < 4.78 is 5.81. The number of hydrogen-bond acceptors (Lipinski definition) is 4. The normalized spacial score (nSPS) is 14.6. The molecule has 1 aliphatic rings. The standard InChI is InChI=1S/C20H22N2O3/c1-14(23)17-4-3-5-19(12-17)25-15(2)20(24)22(18-6-7-18)13-16-8-10-21-11-9-16/h3-5,8-12,15,18H,6-7,13H2,1-2H3/t15-/m1/s1. The van der Waals surface area contributed by atoms with Crippen LogP contribution >= 0.6 is 0 Å². The van der Waals surface area contributed by atoms with Crippen molar-refractivity contribution in [2.24, 2.45) is 0 Å². The Morgan fingerprint density at radius 3 is 2.60 bits per heavy atom. The number of carbonyl (C=O) groups excluding carboxylic acids is 2. The molecule has 5 heteroatoms. The monoisotopic (exact) mass is 338 g/mol. The van der Waals surface area contributed by atoms with Gasteiger partial charge in [-0.3, -0.25) is 14.6 Å². The van der Waals surface area contributed by atoms with Crippen molar-refractivity contribution in [1.29, 1.82) is 0 Å². The highest BCUT2D eigenvalue weighted by Crippen LogP contribution is 2.29.